The van der Waals surface area contributed by atoms with Gasteiger partial charge < -0.3 is 19.2 Å². The molecule has 0 radical (unpaired) electrons. The smallest absolute Gasteiger partial charge is 0.234 e. The van der Waals surface area contributed by atoms with Gasteiger partial charge in [0, 0.05) is 11.6 Å². The van der Waals surface area contributed by atoms with Crippen molar-refractivity contribution in [3.8, 4) is 22.9 Å². The van der Waals surface area contributed by atoms with Crippen LogP contribution in [0.25, 0.3) is 11.4 Å². The quantitative estimate of drug-likeness (QED) is 0.361. The van der Waals surface area contributed by atoms with E-state index >= 15 is 0 Å². The highest BCUT2D eigenvalue weighted by molar-refractivity contribution is 7.99. The first-order valence-corrected chi connectivity index (χ1v) is 11.2. The van der Waals surface area contributed by atoms with Crippen LogP contribution in [-0.4, -0.2) is 40.6 Å². The maximum absolute atomic E-state index is 12.7. The number of nitrogens with zero attached hydrogens (tertiary/aromatic N) is 3. The Kier molecular flexibility index (Phi) is 6.99. The van der Waals surface area contributed by atoms with E-state index in [2.05, 4.69) is 15.5 Å². The monoisotopic (exact) mass is 464 g/mol. The summed E-state index contributed by atoms with van der Waals surface area (Å²) < 4.78 is 18.0. The maximum atomic E-state index is 12.7. The predicted molar refractivity (Wildman–Crippen MR) is 127 cm³/mol. The molecule has 0 aliphatic heterocycles. The number of carbonyl (C=O) groups excluding carboxylic acids is 1. The Morgan fingerprint density at radius 1 is 1.09 bits per heavy atom. The van der Waals surface area contributed by atoms with Crippen LogP contribution in [0.5, 0.6) is 11.5 Å². The fourth-order valence-electron chi connectivity index (χ4n) is 3.23. The first kappa shape index (κ1) is 22.5. The number of anilines is 1. The van der Waals surface area contributed by atoms with Crippen molar-refractivity contribution in [1.82, 2.24) is 14.8 Å². The molecule has 0 atom stereocenters. The van der Waals surface area contributed by atoms with Crippen LogP contribution in [0.3, 0.4) is 0 Å². The number of furan rings is 1. The molecule has 8 nitrogen and oxygen atoms in total. The van der Waals surface area contributed by atoms with E-state index in [1.54, 1.807) is 38.7 Å². The molecule has 0 saturated carbocycles. The van der Waals surface area contributed by atoms with Crippen molar-refractivity contribution in [3.63, 3.8) is 0 Å². The van der Waals surface area contributed by atoms with Crippen molar-refractivity contribution < 1.29 is 18.7 Å². The van der Waals surface area contributed by atoms with Gasteiger partial charge in [-0.15, -0.1) is 10.2 Å². The third-order valence-electron chi connectivity index (χ3n) is 4.94. The highest BCUT2D eigenvalue weighted by Gasteiger charge is 2.18. The first-order chi connectivity index (χ1) is 16.1. The maximum Gasteiger partial charge on any atom is 0.234 e. The van der Waals surface area contributed by atoms with Gasteiger partial charge in [-0.3, -0.25) is 9.36 Å². The van der Waals surface area contributed by atoms with E-state index in [1.165, 1.54) is 11.8 Å². The van der Waals surface area contributed by atoms with Gasteiger partial charge in [0.25, 0.3) is 0 Å². The minimum Gasteiger partial charge on any atom is -0.497 e. The molecule has 0 fully saturated rings. The molecule has 170 valence electrons. The molecule has 4 aromatic rings. The van der Waals surface area contributed by atoms with Gasteiger partial charge in [-0.25, -0.2) is 0 Å². The fraction of sp³-hybridized carbons (Fsp3) is 0.208. The summed E-state index contributed by atoms with van der Waals surface area (Å²) in [6.45, 7) is 2.49. The normalized spacial score (nSPS) is 10.8. The number of methoxy groups -OCH3 is 2. The van der Waals surface area contributed by atoms with Gasteiger partial charge in [0.05, 0.1) is 38.5 Å². The molecule has 0 bridgehead atoms. The molecule has 1 amide bonds. The fourth-order valence-corrected chi connectivity index (χ4v) is 3.97. The van der Waals surface area contributed by atoms with Gasteiger partial charge in [-0.05, 0) is 31.2 Å². The predicted octanol–water partition coefficient (Wildman–Crippen LogP) is 4.64. The third kappa shape index (κ3) is 5.38. The van der Waals surface area contributed by atoms with Crippen molar-refractivity contribution in [2.45, 2.75) is 18.6 Å². The number of thioether (sulfide) groups is 1. The molecule has 0 unspecified atom stereocenters. The highest BCUT2D eigenvalue weighted by atomic mass is 32.2. The number of amides is 1. The summed E-state index contributed by atoms with van der Waals surface area (Å²) in [7, 11) is 3.12. The number of hydrogen-bond acceptors (Lipinski definition) is 7. The van der Waals surface area contributed by atoms with Gasteiger partial charge in [0.15, 0.2) is 11.0 Å². The number of ether oxygens (including phenoxy) is 2. The van der Waals surface area contributed by atoms with Crippen LogP contribution in [0.4, 0.5) is 5.69 Å². The molecule has 1 N–H and O–H groups in total. The van der Waals surface area contributed by atoms with Gasteiger partial charge in [-0.2, -0.15) is 0 Å². The Hall–Kier alpha value is -3.72. The second-order valence-corrected chi connectivity index (χ2v) is 8.18. The lowest BCUT2D eigenvalue weighted by Gasteiger charge is -2.12. The molecule has 2 aromatic carbocycles. The minimum atomic E-state index is -0.187. The minimum absolute atomic E-state index is 0.152. The number of carbonyl (C=O) groups is 1. The van der Waals surface area contributed by atoms with Crippen molar-refractivity contribution >= 4 is 23.4 Å². The molecule has 0 aliphatic rings. The number of nitrogens with one attached hydrogen (secondary N) is 1. The largest absolute Gasteiger partial charge is 0.497 e. The highest BCUT2D eigenvalue weighted by Crippen LogP contribution is 2.30. The first-order valence-electron chi connectivity index (χ1n) is 10.2. The van der Waals surface area contributed by atoms with E-state index in [0.717, 1.165) is 16.9 Å². The second kappa shape index (κ2) is 10.3. The van der Waals surface area contributed by atoms with Crippen LogP contribution in [-0.2, 0) is 11.3 Å². The van der Waals surface area contributed by atoms with Crippen LogP contribution < -0.4 is 14.8 Å². The van der Waals surface area contributed by atoms with Crippen LogP contribution in [0.1, 0.15) is 11.3 Å². The number of aryl methyl sites for hydroxylation is 1. The van der Waals surface area contributed by atoms with E-state index in [9.17, 15) is 4.79 Å². The summed E-state index contributed by atoms with van der Waals surface area (Å²) in [5.41, 5.74) is 2.68. The zero-order valence-electron chi connectivity index (χ0n) is 18.6. The lowest BCUT2D eigenvalue weighted by Crippen LogP contribution is -2.15. The van der Waals surface area contributed by atoms with E-state index in [-0.39, 0.29) is 11.7 Å². The van der Waals surface area contributed by atoms with Crippen LogP contribution in [0.15, 0.2) is 70.4 Å². The number of benzene rings is 2. The van der Waals surface area contributed by atoms with Crippen molar-refractivity contribution in [2.24, 2.45) is 0 Å². The SMILES string of the molecule is COc1ccc(NC(=O)CSc2nnc(-c3ccc(C)cc3)n2Cc2ccco2)c(OC)c1. The van der Waals surface area contributed by atoms with Gasteiger partial charge in [0.2, 0.25) is 5.91 Å². The lowest BCUT2D eigenvalue weighted by molar-refractivity contribution is -0.113. The Morgan fingerprint density at radius 2 is 1.91 bits per heavy atom. The molecule has 9 heteroatoms. The molecule has 0 spiro atoms. The molecule has 2 heterocycles. The van der Waals surface area contributed by atoms with Crippen LogP contribution in [0.2, 0.25) is 0 Å². The number of aromatic nitrogens is 3. The summed E-state index contributed by atoms with van der Waals surface area (Å²) in [5.74, 6) is 2.63. The van der Waals surface area contributed by atoms with E-state index in [1.807, 2.05) is 47.9 Å². The van der Waals surface area contributed by atoms with Crippen LogP contribution >= 0.6 is 11.8 Å². The Morgan fingerprint density at radius 3 is 2.61 bits per heavy atom. The van der Waals surface area contributed by atoms with Crippen LogP contribution in [0, 0.1) is 6.92 Å². The van der Waals surface area contributed by atoms with Gasteiger partial charge in [0.1, 0.15) is 17.3 Å². The molecule has 2 aromatic heterocycles. The number of hydrogen-bond donors (Lipinski definition) is 1. The van der Waals surface area contributed by atoms with Crippen molar-refractivity contribution in [3.05, 3.63) is 72.2 Å². The molecule has 4 rings (SSSR count). The topological polar surface area (TPSA) is 91.4 Å². The van der Waals surface area contributed by atoms with Crippen molar-refractivity contribution in [2.75, 3.05) is 25.3 Å². The molecular weight excluding hydrogens is 440 g/mol. The average molecular weight is 465 g/mol. The van der Waals surface area contributed by atoms with Crippen molar-refractivity contribution in [1.29, 1.82) is 0 Å². The standard InChI is InChI=1S/C24H24N4O4S/c1-16-6-8-17(9-7-16)23-26-27-24(28(23)14-19-5-4-12-32-19)33-15-22(29)25-20-11-10-18(30-2)13-21(20)31-3/h4-13H,14-15H2,1-3H3,(H,25,29). The lowest BCUT2D eigenvalue weighted by atomic mass is 10.1. The summed E-state index contributed by atoms with van der Waals surface area (Å²) in [4.78, 5) is 12.7. The summed E-state index contributed by atoms with van der Waals surface area (Å²) in [5, 5.41) is 12.2. The summed E-state index contributed by atoms with van der Waals surface area (Å²) in [6, 6.07) is 17.0. The van der Waals surface area contributed by atoms with E-state index in [0.29, 0.717) is 34.7 Å². The van der Waals surface area contributed by atoms with Gasteiger partial charge >= 0.3 is 0 Å². The molecule has 33 heavy (non-hydrogen) atoms. The second-order valence-electron chi connectivity index (χ2n) is 7.24. The summed E-state index contributed by atoms with van der Waals surface area (Å²) in [6.07, 6.45) is 1.63. The average Bonchev–Trinajstić information content (AvgIpc) is 3.49. The third-order valence-corrected chi connectivity index (χ3v) is 5.90. The zero-order chi connectivity index (χ0) is 23.2. The van der Waals surface area contributed by atoms with E-state index in [4.69, 9.17) is 13.9 Å². The Bertz CT molecular complexity index is 1220. The Balaban J connectivity index is 1.51. The zero-order valence-corrected chi connectivity index (χ0v) is 19.4. The number of rotatable bonds is 9. The molecule has 0 aliphatic carbocycles. The molecule has 0 saturated heterocycles. The van der Waals surface area contributed by atoms with Gasteiger partial charge in [-0.1, -0.05) is 41.6 Å². The summed E-state index contributed by atoms with van der Waals surface area (Å²) >= 11 is 1.31. The van der Waals surface area contributed by atoms with E-state index < -0.39 is 0 Å². The molecular formula is C24H24N4O4S. The Labute approximate surface area is 195 Å².